The highest BCUT2D eigenvalue weighted by atomic mass is 35.5. The molecule has 1 N–H and O–H groups in total. The first-order chi connectivity index (χ1) is 14.5. The summed E-state index contributed by atoms with van der Waals surface area (Å²) in [6.45, 7) is 0.200. The van der Waals surface area contributed by atoms with Gasteiger partial charge >= 0.3 is 12.8 Å². The van der Waals surface area contributed by atoms with Crippen LogP contribution in [0.15, 0.2) is 30.7 Å². The van der Waals surface area contributed by atoms with E-state index in [2.05, 4.69) is 30.0 Å². The molecule has 0 atom stereocenters. The van der Waals surface area contributed by atoms with Gasteiger partial charge in [0.1, 0.15) is 17.9 Å². The number of anilines is 1. The number of nitrogens with zero attached hydrogens (tertiary/aromatic N) is 5. The van der Waals surface area contributed by atoms with Crippen LogP contribution in [0, 0.1) is 0 Å². The predicted octanol–water partition coefficient (Wildman–Crippen LogP) is 5.20. The number of nitrogens with one attached hydrogen (secondary N) is 1. The molecule has 0 radical (unpaired) electrons. The zero-order valence-corrected chi connectivity index (χ0v) is 16.9. The Kier molecular flexibility index (Phi) is 6.58. The van der Waals surface area contributed by atoms with Crippen LogP contribution in [0.5, 0.6) is 5.75 Å². The fourth-order valence-electron chi connectivity index (χ4n) is 2.72. The number of hydrogen-bond acceptors (Lipinski definition) is 6. The van der Waals surface area contributed by atoms with Crippen LogP contribution in [-0.2, 0) is 12.7 Å². The zero-order valence-electron chi connectivity index (χ0n) is 16.2. The number of hydrogen-bond donors (Lipinski definition) is 1. The summed E-state index contributed by atoms with van der Waals surface area (Å²) in [5.74, 6) is -0.144. The molecule has 0 fully saturated rings. The topological polar surface area (TPSA) is 77.8 Å². The molecule has 166 valence electrons. The lowest BCUT2D eigenvalue weighted by Gasteiger charge is -2.15. The SMILES string of the molecule is CC(C)n1cc(C(F)(F)F)nc1-c1ccc(CNc2ncnc(Cl)n2)c(OC(F)F)c1. The lowest BCUT2D eigenvalue weighted by atomic mass is 10.1. The lowest BCUT2D eigenvalue weighted by molar-refractivity contribution is -0.140. The average Bonchev–Trinajstić information content (AvgIpc) is 3.13. The van der Waals surface area contributed by atoms with E-state index in [0.29, 0.717) is 5.56 Å². The van der Waals surface area contributed by atoms with Crippen LogP contribution in [0.2, 0.25) is 5.28 Å². The van der Waals surface area contributed by atoms with Gasteiger partial charge in [-0.25, -0.2) is 15.0 Å². The van der Waals surface area contributed by atoms with Crippen LogP contribution in [-0.4, -0.2) is 31.1 Å². The molecule has 0 aliphatic heterocycles. The van der Waals surface area contributed by atoms with E-state index >= 15 is 0 Å². The number of benzene rings is 1. The van der Waals surface area contributed by atoms with Crippen molar-refractivity contribution in [2.75, 3.05) is 5.32 Å². The molecule has 13 heteroatoms. The van der Waals surface area contributed by atoms with Crippen molar-refractivity contribution in [1.82, 2.24) is 24.5 Å². The van der Waals surface area contributed by atoms with Crippen molar-refractivity contribution in [2.24, 2.45) is 0 Å². The normalized spacial score (nSPS) is 11.9. The number of imidazole rings is 1. The monoisotopic (exact) mass is 462 g/mol. The van der Waals surface area contributed by atoms with Gasteiger partial charge in [-0.05, 0) is 31.5 Å². The van der Waals surface area contributed by atoms with Gasteiger partial charge in [0.2, 0.25) is 11.2 Å². The van der Waals surface area contributed by atoms with Gasteiger partial charge in [0, 0.05) is 29.9 Å². The molecule has 0 bridgehead atoms. The fourth-order valence-corrected chi connectivity index (χ4v) is 2.84. The van der Waals surface area contributed by atoms with Crippen molar-refractivity contribution in [3.05, 3.63) is 47.3 Å². The zero-order chi connectivity index (χ0) is 22.8. The highest BCUT2D eigenvalue weighted by Gasteiger charge is 2.35. The second-order valence-corrected chi connectivity index (χ2v) is 6.92. The van der Waals surface area contributed by atoms with Crippen molar-refractivity contribution in [2.45, 2.75) is 39.2 Å². The van der Waals surface area contributed by atoms with Gasteiger partial charge in [-0.3, -0.25) is 0 Å². The number of aromatic nitrogens is 5. The summed E-state index contributed by atoms with van der Waals surface area (Å²) in [5, 5.41) is 2.73. The Bertz CT molecular complexity index is 1060. The van der Waals surface area contributed by atoms with Gasteiger partial charge in [0.15, 0.2) is 5.69 Å². The summed E-state index contributed by atoms with van der Waals surface area (Å²) in [5.41, 5.74) is -0.601. The average molecular weight is 463 g/mol. The summed E-state index contributed by atoms with van der Waals surface area (Å²) in [6, 6.07) is 3.77. The Morgan fingerprint density at radius 2 is 1.90 bits per heavy atom. The second kappa shape index (κ2) is 9.00. The fraction of sp³-hybridized carbons (Fsp3) is 0.333. The molecule has 1 aromatic carbocycles. The van der Waals surface area contributed by atoms with Crippen molar-refractivity contribution in [3.8, 4) is 17.1 Å². The molecule has 2 aromatic heterocycles. The molecule has 3 rings (SSSR count). The summed E-state index contributed by atoms with van der Waals surface area (Å²) >= 11 is 5.67. The van der Waals surface area contributed by atoms with Gasteiger partial charge < -0.3 is 14.6 Å². The van der Waals surface area contributed by atoms with Gasteiger partial charge in [0.05, 0.1) is 0 Å². The molecule has 0 spiro atoms. The van der Waals surface area contributed by atoms with Crippen molar-refractivity contribution < 1.29 is 26.7 Å². The smallest absolute Gasteiger partial charge is 0.434 e. The molecule has 7 nitrogen and oxygen atoms in total. The summed E-state index contributed by atoms with van der Waals surface area (Å²) in [4.78, 5) is 15.0. The maximum Gasteiger partial charge on any atom is 0.434 e. The molecule has 0 amide bonds. The van der Waals surface area contributed by atoms with Crippen LogP contribution in [0.3, 0.4) is 0 Å². The number of ether oxygens (including phenoxy) is 1. The predicted molar refractivity (Wildman–Crippen MR) is 102 cm³/mol. The van der Waals surface area contributed by atoms with Crippen LogP contribution in [0.25, 0.3) is 11.4 Å². The molecule has 2 heterocycles. The summed E-state index contributed by atoms with van der Waals surface area (Å²) < 4.78 is 71.2. The van der Waals surface area contributed by atoms with E-state index in [-0.39, 0.29) is 41.0 Å². The highest BCUT2D eigenvalue weighted by molar-refractivity contribution is 6.28. The summed E-state index contributed by atoms with van der Waals surface area (Å²) in [7, 11) is 0. The minimum absolute atomic E-state index is 0.0188. The first-order valence-corrected chi connectivity index (χ1v) is 9.25. The van der Waals surface area contributed by atoms with Gasteiger partial charge in [-0.2, -0.15) is 26.9 Å². The van der Waals surface area contributed by atoms with E-state index in [4.69, 9.17) is 11.6 Å². The number of rotatable bonds is 7. The first kappa shape index (κ1) is 22.7. The van der Waals surface area contributed by atoms with Crippen molar-refractivity contribution in [1.29, 1.82) is 0 Å². The molecular weight excluding hydrogens is 447 g/mol. The third-order valence-electron chi connectivity index (χ3n) is 4.10. The molecule has 0 aliphatic carbocycles. The quantitative estimate of drug-likeness (QED) is 0.486. The molecule has 0 aliphatic rings. The van der Waals surface area contributed by atoms with Crippen LogP contribution >= 0.6 is 11.6 Å². The molecule has 0 unspecified atom stereocenters. The highest BCUT2D eigenvalue weighted by Crippen LogP contribution is 2.34. The van der Waals surface area contributed by atoms with E-state index in [1.165, 1.54) is 29.1 Å². The van der Waals surface area contributed by atoms with Gasteiger partial charge in [0.25, 0.3) is 0 Å². The summed E-state index contributed by atoms with van der Waals surface area (Å²) in [6.07, 6.45) is -2.60. The Hall–Kier alpha value is -3.02. The van der Waals surface area contributed by atoms with E-state index in [0.717, 1.165) is 6.20 Å². The third kappa shape index (κ3) is 5.57. The largest absolute Gasteiger partial charge is 0.434 e. The van der Waals surface area contributed by atoms with Crippen LogP contribution < -0.4 is 10.1 Å². The van der Waals surface area contributed by atoms with Crippen LogP contribution in [0.1, 0.15) is 31.1 Å². The Labute approximate surface area is 178 Å². The minimum Gasteiger partial charge on any atom is -0.434 e. The lowest BCUT2D eigenvalue weighted by Crippen LogP contribution is -2.09. The number of alkyl halides is 5. The number of halogens is 6. The van der Waals surface area contributed by atoms with E-state index < -0.39 is 18.5 Å². The Morgan fingerprint density at radius 3 is 2.52 bits per heavy atom. The van der Waals surface area contributed by atoms with Gasteiger partial charge in [-0.15, -0.1) is 0 Å². The maximum absolute atomic E-state index is 13.1. The van der Waals surface area contributed by atoms with E-state index in [1.807, 2.05) is 0 Å². The van der Waals surface area contributed by atoms with Crippen LogP contribution in [0.4, 0.5) is 27.9 Å². The second-order valence-electron chi connectivity index (χ2n) is 6.58. The van der Waals surface area contributed by atoms with Crippen molar-refractivity contribution in [3.63, 3.8) is 0 Å². The van der Waals surface area contributed by atoms with Gasteiger partial charge in [-0.1, -0.05) is 12.1 Å². The Morgan fingerprint density at radius 1 is 1.16 bits per heavy atom. The third-order valence-corrected chi connectivity index (χ3v) is 4.28. The molecule has 3 aromatic rings. The van der Waals surface area contributed by atoms with Crippen molar-refractivity contribution >= 4 is 17.5 Å². The van der Waals surface area contributed by atoms with E-state index in [1.54, 1.807) is 13.8 Å². The first-order valence-electron chi connectivity index (χ1n) is 8.87. The van der Waals surface area contributed by atoms with E-state index in [9.17, 15) is 22.0 Å². The minimum atomic E-state index is -4.65. The molecule has 0 saturated carbocycles. The maximum atomic E-state index is 13.1. The Balaban J connectivity index is 1.97. The molecule has 0 saturated heterocycles. The standard InChI is InChI=1S/C18H16ClF5N6O/c1-9(2)30-7-13(18(22,23)24)28-14(30)10-3-4-11(12(5-10)31-16(20)21)6-25-17-27-8-26-15(19)29-17/h3-5,7-9,16H,6H2,1-2H3,(H,25,26,27,29). The molecule has 31 heavy (non-hydrogen) atoms. The molecular formula is C18H16ClF5N6O.